The molecule has 0 aliphatic rings. The van der Waals surface area contributed by atoms with Gasteiger partial charge in [0.2, 0.25) is 5.91 Å². The maximum Gasteiger partial charge on any atom is 0.221 e. The molecule has 1 aromatic carbocycles. The van der Waals surface area contributed by atoms with Crippen LogP contribution in [0.5, 0.6) is 0 Å². The van der Waals surface area contributed by atoms with E-state index in [0.717, 1.165) is 22.6 Å². The van der Waals surface area contributed by atoms with Gasteiger partial charge in [0.05, 0.1) is 0 Å². The molecule has 0 bridgehead atoms. The summed E-state index contributed by atoms with van der Waals surface area (Å²) >= 11 is 0. The first-order valence-corrected chi connectivity index (χ1v) is 6.61. The van der Waals surface area contributed by atoms with Gasteiger partial charge in [0, 0.05) is 36.2 Å². The number of aromatic nitrogens is 1. The van der Waals surface area contributed by atoms with Crippen molar-refractivity contribution in [2.45, 2.75) is 26.8 Å². The highest BCUT2D eigenvalue weighted by Crippen LogP contribution is 2.21. The molecule has 0 spiro atoms. The Morgan fingerprint density at radius 1 is 1.20 bits per heavy atom. The predicted molar refractivity (Wildman–Crippen MR) is 81.8 cm³/mol. The lowest BCUT2D eigenvalue weighted by atomic mass is 10.1. The molecule has 1 amide bonds. The highest BCUT2D eigenvalue weighted by atomic mass is 16.1. The number of amides is 1. The van der Waals surface area contributed by atoms with Crippen LogP contribution in [0.2, 0.25) is 0 Å². The molecule has 0 fully saturated rings. The second-order valence-corrected chi connectivity index (χ2v) is 4.86. The minimum atomic E-state index is -0.0625. The van der Waals surface area contributed by atoms with Gasteiger partial charge >= 0.3 is 0 Å². The first kappa shape index (κ1) is 14.1. The van der Waals surface area contributed by atoms with Crippen molar-refractivity contribution < 1.29 is 4.79 Å². The maximum atomic E-state index is 11.1. The van der Waals surface area contributed by atoms with Crippen LogP contribution in [0.15, 0.2) is 42.6 Å². The highest BCUT2D eigenvalue weighted by molar-refractivity contribution is 5.88. The van der Waals surface area contributed by atoms with Gasteiger partial charge in [0.1, 0.15) is 0 Å². The van der Waals surface area contributed by atoms with E-state index in [9.17, 15) is 4.79 Å². The molecule has 0 aliphatic heterocycles. The van der Waals surface area contributed by atoms with Crippen molar-refractivity contribution in [3.05, 3.63) is 53.9 Å². The molecule has 1 unspecified atom stereocenters. The summed E-state index contributed by atoms with van der Waals surface area (Å²) in [5, 5.41) is 6.22. The monoisotopic (exact) mass is 269 g/mol. The van der Waals surface area contributed by atoms with E-state index in [4.69, 9.17) is 0 Å². The number of nitrogens with one attached hydrogen (secondary N) is 2. The Labute approximate surface area is 119 Å². The molecule has 2 N–H and O–H groups in total. The van der Waals surface area contributed by atoms with Crippen LogP contribution in [0.3, 0.4) is 0 Å². The van der Waals surface area contributed by atoms with Crippen LogP contribution in [0, 0.1) is 6.92 Å². The van der Waals surface area contributed by atoms with E-state index in [1.54, 1.807) is 6.20 Å². The number of carbonyl (C=O) groups is 1. The van der Waals surface area contributed by atoms with Crippen molar-refractivity contribution in [3.8, 4) is 0 Å². The number of pyridine rings is 1. The van der Waals surface area contributed by atoms with Gasteiger partial charge in [-0.05, 0) is 43.7 Å². The quantitative estimate of drug-likeness (QED) is 0.893. The summed E-state index contributed by atoms with van der Waals surface area (Å²) in [6.45, 7) is 5.56. The largest absolute Gasteiger partial charge is 0.378 e. The van der Waals surface area contributed by atoms with Crippen LogP contribution < -0.4 is 10.6 Å². The number of aryl methyl sites for hydroxylation is 1. The molecule has 4 nitrogen and oxygen atoms in total. The standard InChI is InChI=1S/C16H19N3O/c1-11-9-16(7-8-17-11)18-12(2)14-5-4-6-15(10-14)19-13(3)20/h4-10,12H,1-3H3,(H,17,18)(H,19,20). The second kappa shape index (κ2) is 6.19. The molecular weight excluding hydrogens is 250 g/mol. The van der Waals surface area contributed by atoms with Crippen LogP contribution in [-0.4, -0.2) is 10.9 Å². The number of benzene rings is 1. The van der Waals surface area contributed by atoms with Gasteiger partial charge in [-0.25, -0.2) is 0 Å². The van der Waals surface area contributed by atoms with Crippen molar-refractivity contribution in [1.82, 2.24) is 4.98 Å². The Hall–Kier alpha value is -2.36. The molecule has 1 atom stereocenters. The van der Waals surface area contributed by atoms with Gasteiger partial charge in [0.15, 0.2) is 0 Å². The summed E-state index contributed by atoms with van der Waals surface area (Å²) in [4.78, 5) is 15.3. The topological polar surface area (TPSA) is 54.0 Å². The summed E-state index contributed by atoms with van der Waals surface area (Å²) in [5.41, 5.74) is 3.95. The molecule has 104 valence electrons. The van der Waals surface area contributed by atoms with Crippen LogP contribution >= 0.6 is 0 Å². The molecule has 0 saturated carbocycles. The lowest BCUT2D eigenvalue weighted by Crippen LogP contribution is -2.09. The van der Waals surface area contributed by atoms with E-state index < -0.39 is 0 Å². The summed E-state index contributed by atoms with van der Waals surface area (Å²) < 4.78 is 0. The molecule has 1 aromatic heterocycles. The summed E-state index contributed by atoms with van der Waals surface area (Å²) in [6.07, 6.45) is 1.79. The number of carbonyl (C=O) groups excluding carboxylic acids is 1. The van der Waals surface area contributed by atoms with E-state index in [-0.39, 0.29) is 11.9 Å². The zero-order valence-electron chi connectivity index (χ0n) is 12.0. The van der Waals surface area contributed by atoms with E-state index in [2.05, 4.69) is 22.5 Å². The van der Waals surface area contributed by atoms with Gasteiger partial charge in [-0.3, -0.25) is 9.78 Å². The second-order valence-electron chi connectivity index (χ2n) is 4.86. The number of rotatable bonds is 4. The average Bonchev–Trinajstić information content (AvgIpc) is 2.38. The van der Waals surface area contributed by atoms with Crippen molar-refractivity contribution in [2.24, 2.45) is 0 Å². The highest BCUT2D eigenvalue weighted by Gasteiger charge is 2.06. The molecule has 0 saturated heterocycles. The fourth-order valence-electron chi connectivity index (χ4n) is 2.06. The zero-order chi connectivity index (χ0) is 14.5. The van der Waals surface area contributed by atoms with Crippen molar-refractivity contribution in [3.63, 3.8) is 0 Å². The Balaban J connectivity index is 2.12. The fourth-order valence-corrected chi connectivity index (χ4v) is 2.06. The molecule has 4 heteroatoms. The summed E-state index contributed by atoms with van der Waals surface area (Å²) in [7, 11) is 0. The van der Waals surface area contributed by atoms with Gasteiger partial charge < -0.3 is 10.6 Å². The lowest BCUT2D eigenvalue weighted by Gasteiger charge is -2.17. The van der Waals surface area contributed by atoms with E-state index >= 15 is 0 Å². The molecule has 2 aromatic rings. The zero-order valence-corrected chi connectivity index (χ0v) is 12.0. The minimum Gasteiger partial charge on any atom is -0.378 e. The number of hydrogen-bond donors (Lipinski definition) is 2. The fraction of sp³-hybridized carbons (Fsp3) is 0.250. The number of hydrogen-bond acceptors (Lipinski definition) is 3. The van der Waals surface area contributed by atoms with Gasteiger partial charge in [-0.1, -0.05) is 12.1 Å². The smallest absolute Gasteiger partial charge is 0.221 e. The molecule has 0 radical (unpaired) electrons. The third-order valence-electron chi connectivity index (χ3n) is 2.99. The normalized spacial score (nSPS) is 11.8. The van der Waals surface area contributed by atoms with Crippen molar-refractivity contribution >= 4 is 17.3 Å². The Bertz CT molecular complexity index is 610. The SMILES string of the molecule is CC(=O)Nc1cccc(C(C)Nc2ccnc(C)c2)c1. The van der Waals surface area contributed by atoms with Crippen LogP contribution in [-0.2, 0) is 4.79 Å². The van der Waals surface area contributed by atoms with Crippen molar-refractivity contribution in [2.75, 3.05) is 10.6 Å². The third-order valence-corrected chi connectivity index (χ3v) is 2.99. The lowest BCUT2D eigenvalue weighted by molar-refractivity contribution is -0.114. The first-order valence-electron chi connectivity index (χ1n) is 6.61. The number of nitrogens with zero attached hydrogens (tertiary/aromatic N) is 1. The van der Waals surface area contributed by atoms with Gasteiger partial charge in [-0.2, -0.15) is 0 Å². The van der Waals surface area contributed by atoms with Crippen LogP contribution in [0.1, 0.15) is 31.1 Å². The van der Waals surface area contributed by atoms with E-state index in [1.165, 1.54) is 6.92 Å². The Morgan fingerprint density at radius 3 is 2.70 bits per heavy atom. The number of anilines is 2. The Kier molecular flexibility index (Phi) is 4.35. The summed E-state index contributed by atoms with van der Waals surface area (Å²) in [5.74, 6) is -0.0625. The Morgan fingerprint density at radius 2 is 2.00 bits per heavy atom. The molecule has 1 heterocycles. The molecule has 20 heavy (non-hydrogen) atoms. The van der Waals surface area contributed by atoms with Gasteiger partial charge in [-0.15, -0.1) is 0 Å². The van der Waals surface area contributed by atoms with Crippen molar-refractivity contribution in [1.29, 1.82) is 0 Å². The van der Waals surface area contributed by atoms with E-state index in [0.29, 0.717) is 0 Å². The molecular formula is C16H19N3O. The molecule has 0 aliphatic carbocycles. The van der Waals surface area contributed by atoms with Crippen LogP contribution in [0.4, 0.5) is 11.4 Å². The van der Waals surface area contributed by atoms with E-state index in [1.807, 2.05) is 43.3 Å². The predicted octanol–water partition coefficient (Wildman–Crippen LogP) is 3.52. The first-order chi connectivity index (χ1) is 9.54. The third kappa shape index (κ3) is 3.82. The average molecular weight is 269 g/mol. The van der Waals surface area contributed by atoms with Crippen LogP contribution in [0.25, 0.3) is 0 Å². The molecule has 2 rings (SSSR count). The summed E-state index contributed by atoms with van der Waals surface area (Å²) in [6, 6.07) is 11.9. The van der Waals surface area contributed by atoms with Gasteiger partial charge in [0.25, 0.3) is 0 Å². The maximum absolute atomic E-state index is 11.1. The minimum absolute atomic E-state index is 0.0625.